The van der Waals surface area contributed by atoms with Crippen molar-refractivity contribution in [2.45, 2.75) is 39.7 Å². The van der Waals surface area contributed by atoms with E-state index in [1.807, 2.05) is 63.2 Å². The summed E-state index contributed by atoms with van der Waals surface area (Å²) in [4.78, 5) is 12.0. The van der Waals surface area contributed by atoms with Crippen molar-refractivity contribution in [3.05, 3.63) is 58.6 Å². The number of hydrogen-bond donors (Lipinski definition) is 1. The molecule has 0 aliphatic carbocycles. The molecule has 2 aromatic rings. The minimum atomic E-state index is -0.0456. The summed E-state index contributed by atoms with van der Waals surface area (Å²) < 4.78 is 5.94. The SMILES string of the molecule is Cc1cc(OC(C)CCC(=O)Nc2ccccc2)c(C)cc1Cl. The third-order valence-electron chi connectivity index (χ3n) is 3.62. The highest BCUT2D eigenvalue weighted by atomic mass is 35.5. The maximum Gasteiger partial charge on any atom is 0.224 e. The molecule has 122 valence electrons. The average molecular weight is 332 g/mol. The van der Waals surface area contributed by atoms with E-state index in [0.29, 0.717) is 12.8 Å². The van der Waals surface area contributed by atoms with Crippen LogP contribution in [-0.2, 0) is 4.79 Å². The van der Waals surface area contributed by atoms with Crippen LogP contribution in [0, 0.1) is 13.8 Å². The lowest BCUT2D eigenvalue weighted by Crippen LogP contribution is -2.18. The van der Waals surface area contributed by atoms with Gasteiger partial charge in [-0.25, -0.2) is 0 Å². The second kappa shape index (κ2) is 8.02. The Balaban J connectivity index is 1.84. The monoisotopic (exact) mass is 331 g/mol. The minimum Gasteiger partial charge on any atom is -0.490 e. The zero-order valence-electron chi connectivity index (χ0n) is 13.7. The highest BCUT2D eigenvalue weighted by Crippen LogP contribution is 2.27. The normalized spacial score (nSPS) is 11.8. The van der Waals surface area contributed by atoms with Crippen molar-refractivity contribution in [1.29, 1.82) is 0 Å². The quantitative estimate of drug-likeness (QED) is 0.795. The van der Waals surface area contributed by atoms with Gasteiger partial charge < -0.3 is 10.1 Å². The molecule has 23 heavy (non-hydrogen) atoms. The molecule has 0 saturated carbocycles. The first-order valence-corrected chi connectivity index (χ1v) is 8.12. The number of nitrogens with one attached hydrogen (secondary N) is 1. The summed E-state index contributed by atoms with van der Waals surface area (Å²) in [6, 6.07) is 13.3. The predicted octanol–water partition coefficient (Wildman–Crippen LogP) is 5.14. The predicted molar refractivity (Wildman–Crippen MR) is 95.3 cm³/mol. The first-order chi connectivity index (χ1) is 11.0. The van der Waals surface area contributed by atoms with Gasteiger partial charge in [0.25, 0.3) is 0 Å². The van der Waals surface area contributed by atoms with Gasteiger partial charge in [-0.1, -0.05) is 29.8 Å². The molecule has 0 heterocycles. The van der Waals surface area contributed by atoms with Gasteiger partial charge in [-0.15, -0.1) is 0 Å². The molecule has 4 heteroatoms. The summed E-state index contributed by atoms with van der Waals surface area (Å²) in [6.45, 7) is 5.89. The Hall–Kier alpha value is -2.00. The Morgan fingerprint density at radius 1 is 1.17 bits per heavy atom. The zero-order chi connectivity index (χ0) is 16.8. The van der Waals surface area contributed by atoms with Crippen molar-refractivity contribution in [2.75, 3.05) is 5.32 Å². The number of hydrogen-bond acceptors (Lipinski definition) is 2. The van der Waals surface area contributed by atoms with Crippen LogP contribution in [0.4, 0.5) is 5.69 Å². The molecule has 2 aromatic carbocycles. The fourth-order valence-electron chi connectivity index (χ4n) is 2.24. The molecule has 0 aromatic heterocycles. The maximum atomic E-state index is 12.0. The van der Waals surface area contributed by atoms with Gasteiger partial charge in [0.15, 0.2) is 0 Å². The molecule has 0 radical (unpaired) electrons. The second-order valence-corrected chi connectivity index (χ2v) is 6.16. The largest absolute Gasteiger partial charge is 0.490 e. The van der Waals surface area contributed by atoms with E-state index in [0.717, 1.165) is 27.6 Å². The van der Waals surface area contributed by atoms with Crippen LogP contribution in [-0.4, -0.2) is 12.0 Å². The third-order valence-corrected chi connectivity index (χ3v) is 4.03. The molecular formula is C19H22ClNO2. The van der Waals surface area contributed by atoms with Crippen molar-refractivity contribution in [1.82, 2.24) is 0 Å². The van der Waals surface area contributed by atoms with Gasteiger partial charge >= 0.3 is 0 Å². The van der Waals surface area contributed by atoms with Crippen LogP contribution in [0.15, 0.2) is 42.5 Å². The smallest absolute Gasteiger partial charge is 0.224 e. The number of anilines is 1. The highest BCUT2D eigenvalue weighted by Gasteiger charge is 2.11. The Morgan fingerprint density at radius 3 is 2.57 bits per heavy atom. The standard InChI is InChI=1S/C19H22ClNO2/c1-13-12-18(14(2)11-17(13)20)23-15(3)9-10-19(22)21-16-7-5-4-6-8-16/h4-8,11-12,15H,9-10H2,1-3H3,(H,21,22). The highest BCUT2D eigenvalue weighted by molar-refractivity contribution is 6.31. The molecule has 3 nitrogen and oxygen atoms in total. The Bertz CT molecular complexity index is 671. The van der Waals surface area contributed by atoms with Gasteiger partial charge in [0.05, 0.1) is 6.10 Å². The maximum absolute atomic E-state index is 12.0. The van der Waals surface area contributed by atoms with E-state index < -0.39 is 0 Å². The lowest BCUT2D eigenvalue weighted by Gasteiger charge is -2.17. The minimum absolute atomic E-state index is 0.00402. The van der Waals surface area contributed by atoms with Gasteiger partial charge in [0, 0.05) is 17.1 Å². The number of amides is 1. The summed E-state index contributed by atoms with van der Waals surface area (Å²) in [7, 11) is 0. The molecule has 1 N–H and O–H groups in total. The van der Waals surface area contributed by atoms with E-state index in [-0.39, 0.29) is 12.0 Å². The van der Waals surface area contributed by atoms with Gasteiger partial charge in [-0.3, -0.25) is 4.79 Å². The summed E-state index contributed by atoms with van der Waals surface area (Å²) in [5, 5.41) is 3.62. The number of benzene rings is 2. The molecule has 1 unspecified atom stereocenters. The number of para-hydroxylation sites is 1. The summed E-state index contributed by atoms with van der Waals surface area (Å²) in [5.41, 5.74) is 2.80. The fourth-order valence-corrected chi connectivity index (χ4v) is 2.45. The molecule has 0 saturated heterocycles. The Kier molecular flexibility index (Phi) is 6.05. The van der Waals surface area contributed by atoms with E-state index in [1.54, 1.807) is 0 Å². The summed E-state index contributed by atoms with van der Waals surface area (Å²) >= 11 is 6.09. The number of aryl methyl sites for hydroxylation is 2. The van der Waals surface area contributed by atoms with Gasteiger partial charge in [-0.05, 0) is 62.6 Å². The molecule has 0 aliphatic heterocycles. The summed E-state index contributed by atoms with van der Waals surface area (Å²) in [6.07, 6.45) is 1.03. The lowest BCUT2D eigenvalue weighted by atomic mass is 10.1. The molecule has 0 fully saturated rings. The van der Waals surface area contributed by atoms with Gasteiger partial charge in [0.1, 0.15) is 5.75 Å². The van der Waals surface area contributed by atoms with Crippen LogP contribution in [0.25, 0.3) is 0 Å². The van der Waals surface area contributed by atoms with Crippen LogP contribution >= 0.6 is 11.6 Å². The summed E-state index contributed by atoms with van der Waals surface area (Å²) in [5.74, 6) is 0.818. The van der Waals surface area contributed by atoms with Crippen molar-refractivity contribution in [3.63, 3.8) is 0 Å². The van der Waals surface area contributed by atoms with Crippen LogP contribution in [0.3, 0.4) is 0 Å². The van der Waals surface area contributed by atoms with Crippen LogP contribution in [0.5, 0.6) is 5.75 Å². The Labute approximate surface area is 142 Å². The van der Waals surface area contributed by atoms with Crippen molar-refractivity contribution in [2.24, 2.45) is 0 Å². The number of carbonyl (C=O) groups is 1. The van der Waals surface area contributed by atoms with Crippen LogP contribution in [0.2, 0.25) is 5.02 Å². The average Bonchev–Trinajstić information content (AvgIpc) is 2.51. The third kappa shape index (κ3) is 5.29. The van der Waals surface area contributed by atoms with Crippen molar-refractivity contribution < 1.29 is 9.53 Å². The fraction of sp³-hybridized carbons (Fsp3) is 0.316. The molecule has 0 bridgehead atoms. The van der Waals surface area contributed by atoms with Crippen molar-refractivity contribution in [3.8, 4) is 5.75 Å². The molecule has 2 rings (SSSR count). The number of rotatable bonds is 6. The molecule has 0 spiro atoms. The van der Waals surface area contributed by atoms with Gasteiger partial charge in [0.2, 0.25) is 5.91 Å². The number of halogens is 1. The van der Waals surface area contributed by atoms with E-state index in [9.17, 15) is 4.79 Å². The molecular weight excluding hydrogens is 310 g/mol. The molecule has 1 atom stereocenters. The van der Waals surface area contributed by atoms with Gasteiger partial charge in [-0.2, -0.15) is 0 Å². The molecule has 0 aliphatic rings. The van der Waals surface area contributed by atoms with Crippen LogP contribution < -0.4 is 10.1 Å². The first-order valence-electron chi connectivity index (χ1n) is 7.74. The van der Waals surface area contributed by atoms with E-state index in [1.165, 1.54) is 0 Å². The van der Waals surface area contributed by atoms with E-state index in [2.05, 4.69) is 5.32 Å². The molecule has 1 amide bonds. The number of carbonyl (C=O) groups excluding carboxylic acids is 1. The van der Waals surface area contributed by atoms with E-state index in [4.69, 9.17) is 16.3 Å². The lowest BCUT2D eigenvalue weighted by molar-refractivity contribution is -0.116. The van der Waals surface area contributed by atoms with Crippen LogP contribution in [0.1, 0.15) is 30.9 Å². The number of ether oxygens (including phenoxy) is 1. The second-order valence-electron chi connectivity index (χ2n) is 5.75. The van der Waals surface area contributed by atoms with Crippen molar-refractivity contribution >= 4 is 23.2 Å². The van der Waals surface area contributed by atoms with E-state index >= 15 is 0 Å². The topological polar surface area (TPSA) is 38.3 Å². The Morgan fingerprint density at radius 2 is 1.87 bits per heavy atom. The zero-order valence-corrected chi connectivity index (χ0v) is 14.5. The first kappa shape index (κ1) is 17.4.